The van der Waals surface area contributed by atoms with Crippen molar-refractivity contribution in [3.63, 3.8) is 0 Å². The topological polar surface area (TPSA) is 55.4 Å². The van der Waals surface area contributed by atoms with E-state index in [-0.39, 0.29) is 0 Å². The van der Waals surface area contributed by atoms with Gasteiger partial charge < -0.3 is 10.1 Å². The number of esters is 1. The summed E-state index contributed by atoms with van der Waals surface area (Å²) in [7, 11) is 0. The number of thiophene rings is 1. The van der Waals surface area contributed by atoms with Crippen LogP contribution in [0.5, 0.6) is 0 Å². The summed E-state index contributed by atoms with van der Waals surface area (Å²) in [6.45, 7) is 1.15. The molecule has 1 aromatic heterocycles. The average Bonchev–Trinajstić information content (AvgIpc) is 2.97. The number of benzene rings is 2. The molecule has 0 aliphatic heterocycles. The Morgan fingerprint density at radius 2 is 2.04 bits per heavy atom. The van der Waals surface area contributed by atoms with Gasteiger partial charge in [-0.05, 0) is 36.8 Å². The van der Waals surface area contributed by atoms with E-state index >= 15 is 0 Å². The van der Waals surface area contributed by atoms with E-state index in [9.17, 15) is 14.0 Å². The quantitative estimate of drug-likeness (QED) is 0.470. The Hall–Kier alpha value is -2.70. The molecule has 3 rings (SSSR count). The van der Waals surface area contributed by atoms with E-state index in [1.807, 2.05) is 24.3 Å². The first kappa shape index (κ1) is 19.1. The molecule has 7 heteroatoms. The molecule has 0 saturated heterocycles. The second-order valence-electron chi connectivity index (χ2n) is 5.73. The molecule has 0 spiro atoms. The number of halogens is 2. The number of nitrogens with one attached hydrogen (secondary N) is 1. The van der Waals surface area contributed by atoms with Crippen molar-refractivity contribution in [3.05, 3.63) is 69.8 Å². The van der Waals surface area contributed by atoms with Gasteiger partial charge in [0, 0.05) is 26.7 Å². The van der Waals surface area contributed by atoms with Gasteiger partial charge in [-0.15, -0.1) is 11.3 Å². The highest BCUT2D eigenvalue weighted by Gasteiger charge is 2.09. The highest BCUT2D eigenvalue weighted by Crippen LogP contribution is 2.35. The Morgan fingerprint density at radius 3 is 2.78 bits per heavy atom. The number of rotatable bonds is 5. The van der Waals surface area contributed by atoms with Gasteiger partial charge in [-0.3, -0.25) is 4.79 Å². The Bertz CT molecular complexity index is 1040. The smallest absolute Gasteiger partial charge is 0.331 e. The van der Waals surface area contributed by atoms with Crippen LogP contribution in [-0.4, -0.2) is 18.5 Å². The molecule has 4 nitrogen and oxygen atoms in total. The van der Waals surface area contributed by atoms with Crippen molar-refractivity contribution in [1.29, 1.82) is 0 Å². The standard InChI is InChI=1S/C20H15ClFNO3S/c1-12-6-7-13(10-15(12)22)23-18(24)11-26-19(25)9-8-17-20(21)14-4-2-3-5-16(14)27-17/h2-10H,11H2,1H3,(H,23,24)/b9-8+. The Labute approximate surface area is 164 Å². The predicted molar refractivity (Wildman–Crippen MR) is 107 cm³/mol. The summed E-state index contributed by atoms with van der Waals surface area (Å²) in [4.78, 5) is 24.3. The third-order valence-electron chi connectivity index (χ3n) is 3.73. The third kappa shape index (κ3) is 4.72. The van der Waals surface area contributed by atoms with Crippen LogP contribution in [0.25, 0.3) is 16.2 Å². The van der Waals surface area contributed by atoms with Gasteiger partial charge in [0.15, 0.2) is 6.61 Å². The lowest BCUT2D eigenvalue weighted by Crippen LogP contribution is -2.20. The van der Waals surface area contributed by atoms with Crippen molar-refractivity contribution in [2.75, 3.05) is 11.9 Å². The zero-order valence-electron chi connectivity index (χ0n) is 14.3. The molecule has 1 amide bonds. The summed E-state index contributed by atoms with van der Waals surface area (Å²) in [6, 6.07) is 12.0. The third-order valence-corrected chi connectivity index (χ3v) is 5.39. The van der Waals surface area contributed by atoms with E-state index in [4.69, 9.17) is 16.3 Å². The number of anilines is 1. The number of hydrogen-bond acceptors (Lipinski definition) is 4. The second kappa shape index (κ2) is 8.33. The van der Waals surface area contributed by atoms with Crippen LogP contribution >= 0.6 is 22.9 Å². The monoisotopic (exact) mass is 403 g/mol. The lowest BCUT2D eigenvalue weighted by atomic mass is 10.2. The number of carbonyl (C=O) groups is 2. The molecule has 0 fully saturated rings. The van der Waals surface area contributed by atoms with Crippen LogP contribution < -0.4 is 5.32 Å². The average molecular weight is 404 g/mol. The number of ether oxygens (including phenoxy) is 1. The number of aryl methyl sites for hydroxylation is 1. The van der Waals surface area contributed by atoms with Crippen molar-refractivity contribution in [1.82, 2.24) is 0 Å². The maximum atomic E-state index is 13.5. The van der Waals surface area contributed by atoms with Crippen molar-refractivity contribution in [2.24, 2.45) is 0 Å². The lowest BCUT2D eigenvalue weighted by Gasteiger charge is -2.06. The number of hydrogen-bond donors (Lipinski definition) is 1. The number of amides is 1. The van der Waals surface area contributed by atoms with Gasteiger partial charge in [-0.2, -0.15) is 0 Å². The Kier molecular flexibility index (Phi) is 5.88. The second-order valence-corrected chi connectivity index (χ2v) is 7.19. The Morgan fingerprint density at radius 1 is 1.26 bits per heavy atom. The fourth-order valence-corrected chi connectivity index (χ4v) is 3.74. The van der Waals surface area contributed by atoms with Gasteiger partial charge >= 0.3 is 5.97 Å². The predicted octanol–water partition coefficient (Wildman–Crippen LogP) is 5.20. The molecule has 1 heterocycles. The summed E-state index contributed by atoms with van der Waals surface area (Å²) in [5.41, 5.74) is 0.774. The SMILES string of the molecule is Cc1ccc(NC(=O)COC(=O)/C=C/c2sc3ccccc3c2Cl)cc1F. The molecule has 138 valence electrons. The molecule has 0 bridgehead atoms. The molecule has 2 aromatic carbocycles. The first-order valence-corrected chi connectivity index (χ1v) is 9.21. The molecule has 1 N–H and O–H groups in total. The zero-order chi connectivity index (χ0) is 19.4. The minimum Gasteiger partial charge on any atom is -0.452 e. The summed E-state index contributed by atoms with van der Waals surface area (Å²) < 4.78 is 19.4. The zero-order valence-corrected chi connectivity index (χ0v) is 15.9. The highest BCUT2D eigenvalue weighted by atomic mass is 35.5. The fourth-order valence-electron chi connectivity index (χ4n) is 2.34. The largest absolute Gasteiger partial charge is 0.452 e. The van der Waals surface area contributed by atoms with Crippen molar-refractivity contribution in [2.45, 2.75) is 6.92 Å². The van der Waals surface area contributed by atoms with E-state index in [1.54, 1.807) is 25.1 Å². The summed E-state index contributed by atoms with van der Waals surface area (Å²) >= 11 is 7.75. The Balaban J connectivity index is 1.55. The normalized spacial score (nSPS) is 11.1. The van der Waals surface area contributed by atoms with Crippen LogP contribution in [0.15, 0.2) is 48.5 Å². The fraction of sp³-hybridized carbons (Fsp3) is 0.100. The molecule has 0 saturated carbocycles. The molecule has 0 aliphatic rings. The molecule has 3 aromatic rings. The molecular weight excluding hydrogens is 389 g/mol. The lowest BCUT2D eigenvalue weighted by molar-refractivity contribution is -0.142. The van der Waals surface area contributed by atoms with E-state index < -0.39 is 24.3 Å². The molecule has 0 unspecified atom stereocenters. The first-order chi connectivity index (χ1) is 12.9. The van der Waals surface area contributed by atoms with Crippen LogP contribution in [0, 0.1) is 12.7 Å². The van der Waals surface area contributed by atoms with Gasteiger partial charge in [0.05, 0.1) is 5.02 Å². The van der Waals surface area contributed by atoms with Crippen LogP contribution in [0.1, 0.15) is 10.4 Å². The number of fused-ring (bicyclic) bond motifs is 1. The van der Waals surface area contributed by atoms with Crippen molar-refractivity contribution >= 4 is 56.7 Å². The van der Waals surface area contributed by atoms with Crippen LogP contribution in [0.4, 0.5) is 10.1 Å². The highest BCUT2D eigenvalue weighted by molar-refractivity contribution is 7.20. The van der Waals surface area contributed by atoms with Crippen molar-refractivity contribution in [3.8, 4) is 0 Å². The van der Waals surface area contributed by atoms with Crippen LogP contribution in [-0.2, 0) is 14.3 Å². The molecule has 27 heavy (non-hydrogen) atoms. The van der Waals surface area contributed by atoms with E-state index in [0.29, 0.717) is 16.3 Å². The minimum atomic E-state index is -0.672. The number of carbonyl (C=O) groups excluding carboxylic acids is 2. The van der Waals surface area contributed by atoms with Gasteiger partial charge in [-0.1, -0.05) is 35.9 Å². The molecular formula is C20H15ClFNO3S. The minimum absolute atomic E-state index is 0.298. The first-order valence-electron chi connectivity index (χ1n) is 8.02. The summed E-state index contributed by atoms with van der Waals surface area (Å²) in [5, 5.41) is 3.95. The summed E-state index contributed by atoms with van der Waals surface area (Å²) in [5.74, 6) is -1.65. The van der Waals surface area contributed by atoms with Crippen molar-refractivity contribution < 1.29 is 18.7 Å². The molecule has 0 radical (unpaired) electrons. The maximum absolute atomic E-state index is 13.5. The molecule has 0 aliphatic carbocycles. The maximum Gasteiger partial charge on any atom is 0.331 e. The van der Waals surface area contributed by atoms with Gasteiger partial charge in [0.2, 0.25) is 0 Å². The van der Waals surface area contributed by atoms with Crippen LogP contribution in [0.3, 0.4) is 0 Å². The van der Waals surface area contributed by atoms with Crippen LogP contribution in [0.2, 0.25) is 5.02 Å². The van der Waals surface area contributed by atoms with Gasteiger partial charge in [0.1, 0.15) is 5.82 Å². The van der Waals surface area contributed by atoms with E-state index in [1.165, 1.54) is 23.5 Å². The van der Waals surface area contributed by atoms with Gasteiger partial charge in [0.25, 0.3) is 5.91 Å². The van der Waals surface area contributed by atoms with Gasteiger partial charge in [-0.25, -0.2) is 9.18 Å². The van der Waals surface area contributed by atoms with E-state index in [0.717, 1.165) is 15.0 Å². The summed E-state index contributed by atoms with van der Waals surface area (Å²) in [6.07, 6.45) is 2.78. The molecule has 0 atom stereocenters. The van der Waals surface area contributed by atoms with E-state index in [2.05, 4.69) is 5.32 Å².